The summed E-state index contributed by atoms with van der Waals surface area (Å²) in [6.07, 6.45) is 1.79. The van der Waals surface area contributed by atoms with Crippen LogP contribution < -0.4 is 5.32 Å². The second-order valence-corrected chi connectivity index (χ2v) is 4.51. The zero-order chi connectivity index (χ0) is 14.4. The van der Waals surface area contributed by atoms with Gasteiger partial charge in [-0.3, -0.25) is 0 Å². The van der Waals surface area contributed by atoms with Crippen LogP contribution in [0.5, 0.6) is 0 Å². The lowest BCUT2D eigenvalue weighted by Crippen LogP contribution is -2.08. The zero-order valence-electron chi connectivity index (χ0n) is 11.0. The van der Waals surface area contributed by atoms with E-state index in [4.69, 9.17) is 5.11 Å². The van der Waals surface area contributed by atoms with Crippen LogP contribution in [-0.2, 0) is 6.42 Å². The van der Waals surface area contributed by atoms with Gasteiger partial charge in [-0.1, -0.05) is 30.3 Å². The summed E-state index contributed by atoms with van der Waals surface area (Å²) in [4.78, 5) is 11.0. The number of hydrogen-bond donors (Lipinski definition) is 2. The highest BCUT2D eigenvalue weighted by Crippen LogP contribution is 2.17. The van der Waals surface area contributed by atoms with Gasteiger partial charge in [0.15, 0.2) is 0 Å². The third kappa shape index (κ3) is 3.82. The van der Waals surface area contributed by atoms with Crippen molar-refractivity contribution in [3.63, 3.8) is 0 Å². The SMILES string of the molecule is O=C(O)c1cc(F)ccc1NCCCc1ccccc1. The van der Waals surface area contributed by atoms with Crippen molar-refractivity contribution < 1.29 is 14.3 Å². The lowest BCUT2D eigenvalue weighted by atomic mass is 10.1. The molecule has 0 saturated carbocycles. The van der Waals surface area contributed by atoms with Gasteiger partial charge in [0.1, 0.15) is 5.82 Å². The number of rotatable bonds is 6. The summed E-state index contributed by atoms with van der Waals surface area (Å²) in [5.41, 5.74) is 1.66. The van der Waals surface area contributed by atoms with Gasteiger partial charge in [0.25, 0.3) is 0 Å². The third-order valence-corrected chi connectivity index (χ3v) is 3.01. The molecule has 0 aliphatic carbocycles. The van der Waals surface area contributed by atoms with E-state index in [1.54, 1.807) is 0 Å². The molecule has 0 spiro atoms. The van der Waals surface area contributed by atoms with Crippen molar-refractivity contribution in [2.45, 2.75) is 12.8 Å². The van der Waals surface area contributed by atoms with Crippen LogP contribution in [0.15, 0.2) is 48.5 Å². The van der Waals surface area contributed by atoms with E-state index in [9.17, 15) is 9.18 Å². The Bertz CT molecular complexity index is 584. The number of halogens is 1. The number of nitrogens with one attached hydrogen (secondary N) is 1. The van der Waals surface area contributed by atoms with E-state index in [2.05, 4.69) is 17.4 Å². The van der Waals surface area contributed by atoms with Crippen LogP contribution in [0.3, 0.4) is 0 Å². The molecule has 0 aliphatic heterocycles. The van der Waals surface area contributed by atoms with E-state index >= 15 is 0 Å². The highest BCUT2D eigenvalue weighted by Gasteiger charge is 2.10. The summed E-state index contributed by atoms with van der Waals surface area (Å²) in [5, 5.41) is 12.1. The standard InChI is InChI=1S/C16H16FNO2/c17-13-8-9-15(14(11-13)16(19)20)18-10-4-7-12-5-2-1-3-6-12/h1-3,5-6,8-9,11,18H,4,7,10H2,(H,19,20). The first-order valence-electron chi connectivity index (χ1n) is 6.47. The lowest BCUT2D eigenvalue weighted by molar-refractivity contribution is 0.0697. The molecule has 2 aromatic rings. The van der Waals surface area contributed by atoms with Gasteiger partial charge in [-0.15, -0.1) is 0 Å². The van der Waals surface area contributed by atoms with Gasteiger partial charge in [0.05, 0.1) is 5.56 Å². The van der Waals surface area contributed by atoms with Crippen LogP contribution in [0.25, 0.3) is 0 Å². The highest BCUT2D eigenvalue weighted by atomic mass is 19.1. The Labute approximate surface area is 117 Å². The first kappa shape index (κ1) is 14.1. The lowest BCUT2D eigenvalue weighted by Gasteiger charge is -2.09. The van der Waals surface area contributed by atoms with Crippen LogP contribution in [0.2, 0.25) is 0 Å². The molecule has 0 aliphatic rings. The zero-order valence-corrected chi connectivity index (χ0v) is 11.0. The average molecular weight is 273 g/mol. The minimum Gasteiger partial charge on any atom is -0.478 e. The van der Waals surface area contributed by atoms with Gasteiger partial charge in [-0.25, -0.2) is 9.18 Å². The van der Waals surface area contributed by atoms with Crippen LogP contribution in [-0.4, -0.2) is 17.6 Å². The van der Waals surface area contributed by atoms with Crippen molar-refractivity contribution in [1.29, 1.82) is 0 Å². The number of carbonyl (C=O) groups is 1. The molecule has 0 aromatic heterocycles. The van der Waals surface area contributed by atoms with Gasteiger partial charge < -0.3 is 10.4 Å². The number of carboxylic acids is 1. The highest BCUT2D eigenvalue weighted by molar-refractivity contribution is 5.94. The van der Waals surface area contributed by atoms with Gasteiger partial charge in [-0.2, -0.15) is 0 Å². The summed E-state index contributed by atoms with van der Waals surface area (Å²) < 4.78 is 13.0. The quantitative estimate of drug-likeness (QED) is 0.791. The minimum absolute atomic E-state index is 0.0373. The number of benzene rings is 2. The van der Waals surface area contributed by atoms with Gasteiger partial charge >= 0.3 is 5.97 Å². The van der Waals surface area contributed by atoms with Crippen LogP contribution in [0.4, 0.5) is 10.1 Å². The molecule has 4 heteroatoms. The Kier molecular flexibility index (Phi) is 4.71. The van der Waals surface area contributed by atoms with E-state index in [1.807, 2.05) is 18.2 Å². The Morgan fingerprint density at radius 1 is 1.15 bits per heavy atom. The van der Waals surface area contributed by atoms with Crippen molar-refractivity contribution >= 4 is 11.7 Å². The Balaban J connectivity index is 1.90. The molecule has 2 N–H and O–H groups in total. The Morgan fingerprint density at radius 2 is 1.90 bits per heavy atom. The second kappa shape index (κ2) is 6.70. The molecule has 104 valence electrons. The molecule has 20 heavy (non-hydrogen) atoms. The molecule has 2 aromatic carbocycles. The number of anilines is 1. The summed E-state index contributed by atoms with van der Waals surface area (Å²) in [7, 11) is 0. The molecule has 3 nitrogen and oxygen atoms in total. The fourth-order valence-electron chi connectivity index (χ4n) is 2.01. The Morgan fingerprint density at radius 3 is 2.60 bits per heavy atom. The van der Waals surface area contributed by atoms with Gasteiger partial charge in [0.2, 0.25) is 0 Å². The predicted octanol–water partition coefficient (Wildman–Crippen LogP) is 3.57. The van der Waals surface area contributed by atoms with Gasteiger partial charge in [0, 0.05) is 12.2 Å². The summed E-state index contributed by atoms with van der Waals surface area (Å²) in [6.45, 7) is 0.640. The third-order valence-electron chi connectivity index (χ3n) is 3.01. The molecule has 0 radical (unpaired) electrons. The van der Waals surface area contributed by atoms with Crippen LogP contribution >= 0.6 is 0 Å². The average Bonchev–Trinajstić information content (AvgIpc) is 2.45. The molecule has 0 unspecified atom stereocenters. The summed E-state index contributed by atoms with van der Waals surface area (Å²) in [6, 6.07) is 13.8. The van der Waals surface area contributed by atoms with Crippen molar-refractivity contribution in [1.82, 2.24) is 0 Å². The minimum atomic E-state index is -1.13. The molecule has 0 fully saturated rings. The molecule has 0 amide bonds. The van der Waals surface area contributed by atoms with Crippen LogP contribution in [0, 0.1) is 5.82 Å². The maximum atomic E-state index is 13.0. The van der Waals surface area contributed by atoms with E-state index < -0.39 is 11.8 Å². The number of carboxylic acid groups (broad SMARTS) is 1. The molecule has 0 atom stereocenters. The first-order valence-corrected chi connectivity index (χ1v) is 6.47. The number of aromatic carboxylic acids is 1. The molecule has 0 bridgehead atoms. The largest absolute Gasteiger partial charge is 0.478 e. The monoisotopic (exact) mass is 273 g/mol. The fraction of sp³-hybridized carbons (Fsp3) is 0.188. The molecular formula is C16H16FNO2. The number of aryl methyl sites for hydroxylation is 1. The van der Waals surface area contributed by atoms with Crippen molar-refractivity contribution in [2.24, 2.45) is 0 Å². The smallest absolute Gasteiger partial charge is 0.337 e. The molecule has 0 heterocycles. The van der Waals surface area contributed by atoms with Crippen molar-refractivity contribution in [3.05, 3.63) is 65.5 Å². The maximum Gasteiger partial charge on any atom is 0.337 e. The first-order chi connectivity index (χ1) is 9.66. The Hall–Kier alpha value is -2.36. The molecular weight excluding hydrogens is 257 g/mol. The van der Waals surface area contributed by atoms with E-state index in [-0.39, 0.29) is 5.56 Å². The van der Waals surface area contributed by atoms with Crippen molar-refractivity contribution in [2.75, 3.05) is 11.9 Å². The van der Waals surface area contributed by atoms with Gasteiger partial charge in [-0.05, 0) is 36.6 Å². The second-order valence-electron chi connectivity index (χ2n) is 4.51. The molecule has 0 saturated heterocycles. The summed E-state index contributed by atoms with van der Waals surface area (Å²) in [5.74, 6) is -1.67. The molecule has 2 rings (SSSR count). The summed E-state index contributed by atoms with van der Waals surface area (Å²) >= 11 is 0. The maximum absolute atomic E-state index is 13.0. The topological polar surface area (TPSA) is 49.3 Å². The van der Waals surface area contributed by atoms with E-state index in [1.165, 1.54) is 17.7 Å². The van der Waals surface area contributed by atoms with Crippen molar-refractivity contribution in [3.8, 4) is 0 Å². The predicted molar refractivity (Wildman–Crippen MR) is 76.6 cm³/mol. The van der Waals surface area contributed by atoms with E-state index in [0.29, 0.717) is 12.2 Å². The fourth-order valence-corrected chi connectivity index (χ4v) is 2.01. The normalized spacial score (nSPS) is 10.2. The number of hydrogen-bond acceptors (Lipinski definition) is 2. The van der Waals surface area contributed by atoms with Crippen LogP contribution in [0.1, 0.15) is 22.3 Å². The van der Waals surface area contributed by atoms with E-state index in [0.717, 1.165) is 18.9 Å².